The van der Waals surface area contributed by atoms with Crippen molar-refractivity contribution in [2.75, 3.05) is 18.0 Å². The van der Waals surface area contributed by atoms with Crippen molar-refractivity contribution in [1.29, 1.82) is 0 Å². The van der Waals surface area contributed by atoms with E-state index in [1.807, 2.05) is 0 Å². The highest BCUT2D eigenvalue weighted by atomic mass is 16.4. The van der Waals surface area contributed by atoms with Gasteiger partial charge in [-0.15, -0.1) is 0 Å². The summed E-state index contributed by atoms with van der Waals surface area (Å²) in [6.45, 7) is 2.30. The normalized spacial score (nSPS) is 22.5. The summed E-state index contributed by atoms with van der Waals surface area (Å²) >= 11 is 0. The Balaban J connectivity index is 2.37. The molecule has 5 N–H and O–H groups in total. The maximum absolute atomic E-state index is 11.5. The molecular formula is C12H16N4O3. The van der Waals surface area contributed by atoms with Crippen LogP contribution in [0.15, 0.2) is 12.3 Å². The average molecular weight is 264 g/mol. The minimum atomic E-state index is -1.31. The molecule has 1 aliphatic rings. The van der Waals surface area contributed by atoms with E-state index >= 15 is 0 Å². The molecule has 0 aliphatic carbocycles. The zero-order chi connectivity index (χ0) is 14.2. The molecule has 1 aromatic heterocycles. The topological polar surface area (TPSA) is 123 Å². The molecule has 1 atom stereocenters. The largest absolute Gasteiger partial charge is 0.480 e. The number of aromatic nitrogens is 1. The number of aryl methyl sites for hydroxylation is 1. The SMILES string of the molecule is Cc1ccnc(N2CCC(N)(C(=O)O)C2)c1C(N)=O. The summed E-state index contributed by atoms with van der Waals surface area (Å²) in [6, 6.07) is 1.69. The van der Waals surface area contributed by atoms with Crippen LogP contribution in [0.4, 0.5) is 5.82 Å². The van der Waals surface area contributed by atoms with Crippen molar-refractivity contribution in [2.24, 2.45) is 11.5 Å². The van der Waals surface area contributed by atoms with Crippen molar-refractivity contribution in [3.63, 3.8) is 0 Å². The Bertz CT molecular complexity index is 546. The van der Waals surface area contributed by atoms with Crippen LogP contribution in [0.3, 0.4) is 0 Å². The van der Waals surface area contributed by atoms with Crippen molar-refractivity contribution in [3.8, 4) is 0 Å². The first-order valence-electron chi connectivity index (χ1n) is 5.88. The molecule has 19 heavy (non-hydrogen) atoms. The van der Waals surface area contributed by atoms with Crippen LogP contribution < -0.4 is 16.4 Å². The Hall–Kier alpha value is -2.15. The maximum Gasteiger partial charge on any atom is 0.325 e. The Morgan fingerprint density at radius 2 is 2.21 bits per heavy atom. The number of rotatable bonds is 3. The second-order valence-electron chi connectivity index (χ2n) is 4.82. The van der Waals surface area contributed by atoms with Crippen LogP contribution in [0.25, 0.3) is 0 Å². The lowest BCUT2D eigenvalue weighted by Gasteiger charge is -2.22. The molecule has 2 rings (SSSR count). The number of hydrogen-bond acceptors (Lipinski definition) is 5. The number of carboxylic acids is 1. The van der Waals surface area contributed by atoms with Gasteiger partial charge in [0.25, 0.3) is 5.91 Å². The van der Waals surface area contributed by atoms with Gasteiger partial charge in [-0.25, -0.2) is 4.98 Å². The number of primary amides is 1. The van der Waals surface area contributed by atoms with Gasteiger partial charge in [-0.2, -0.15) is 0 Å². The molecule has 1 aliphatic heterocycles. The summed E-state index contributed by atoms with van der Waals surface area (Å²) in [5.41, 5.74) is 10.9. The van der Waals surface area contributed by atoms with Crippen LogP contribution in [0.5, 0.6) is 0 Å². The van der Waals surface area contributed by atoms with Gasteiger partial charge in [0, 0.05) is 19.3 Å². The number of nitrogens with two attached hydrogens (primary N) is 2. The highest BCUT2D eigenvalue weighted by Gasteiger charge is 2.42. The lowest BCUT2D eigenvalue weighted by atomic mass is 10.0. The number of carbonyl (C=O) groups excluding carboxylic acids is 1. The number of hydrogen-bond donors (Lipinski definition) is 3. The van der Waals surface area contributed by atoms with Gasteiger partial charge < -0.3 is 21.5 Å². The summed E-state index contributed by atoms with van der Waals surface area (Å²) in [5, 5.41) is 9.11. The average Bonchev–Trinajstić information content (AvgIpc) is 2.72. The third-order valence-electron chi connectivity index (χ3n) is 3.41. The first-order valence-corrected chi connectivity index (χ1v) is 5.88. The van der Waals surface area contributed by atoms with Gasteiger partial charge in [-0.3, -0.25) is 9.59 Å². The predicted molar refractivity (Wildman–Crippen MR) is 68.9 cm³/mol. The fourth-order valence-corrected chi connectivity index (χ4v) is 2.28. The quantitative estimate of drug-likeness (QED) is 0.675. The van der Waals surface area contributed by atoms with Crippen LogP contribution >= 0.6 is 0 Å². The van der Waals surface area contributed by atoms with Crippen LogP contribution in [-0.2, 0) is 4.79 Å². The minimum absolute atomic E-state index is 0.110. The lowest BCUT2D eigenvalue weighted by Crippen LogP contribution is -2.50. The fraction of sp³-hybridized carbons (Fsp3) is 0.417. The van der Waals surface area contributed by atoms with E-state index in [2.05, 4.69) is 4.98 Å². The molecule has 0 aromatic carbocycles. The number of amides is 1. The summed E-state index contributed by atoms with van der Waals surface area (Å²) in [4.78, 5) is 28.5. The molecular weight excluding hydrogens is 248 g/mol. The van der Waals surface area contributed by atoms with Crippen molar-refractivity contribution in [1.82, 2.24) is 4.98 Å². The molecule has 7 nitrogen and oxygen atoms in total. The summed E-state index contributed by atoms with van der Waals surface area (Å²) in [6.07, 6.45) is 1.87. The molecule has 7 heteroatoms. The highest BCUT2D eigenvalue weighted by molar-refractivity contribution is 5.99. The number of pyridine rings is 1. The van der Waals surface area contributed by atoms with Crippen LogP contribution in [0.1, 0.15) is 22.3 Å². The van der Waals surface area contributed by atoms with Crippen molar-refractivity contribution in [3.05, 3.63) is 23.4 Å². The molecule has 0 saturated carbocycles. The van der Waals surface area contributed by atoms with Crippen LogP contribution in [-0.4, -0.2) is 40.6 Å². The monoisotopic (exact) mass is 264 g/mol. The minimum Gasteiger partial charge on any atom is -0.480 e. The van der Waals surface area contributed by atoms with Gasteiger partial charge in [0.1, 0.15) is 11.4 Å². The fourth-order valence-electron chi connectivity index (χ4n) is 2.28. The third kappa shape index (κ3) is 2.24. The summed E-state index contributed by atoms with van der Waals surface area (Å²) < 4.78 is 0. The number of nitrogens with zero attached hydrogens (tertiary/aromatic N) is 2. The van der Waals surface area contributed by atoms with Crippen LogP contribution in [0, 0.1) is 6.92 Å². The Morgan fingerprint density at radius 3 is 2.74 bits per heavy atom. The van der Waals surface area contributed by atoms with Crippen molar-refractivity contribution >= 4 is 17.7 Å². The highest BCUT2D eigenvalue weighted by Crippen LogP contribution is 2.27. The van der Waals surface area contributed by atoms with E-state index < -0.39 is 17.4 Å². The van der Waals surface area contributed by atoms with Gasteiger partial charge in [-0.05, 0) is 25.0 Å². The maximum atomic E-state index is 11.5. The molecule has 0 spiro atoms. The van der Waals surface area contributed by atoms with Gasteiger partial charge >= 0.3 is 5.97 Å². The molecule has 102 valence electrons. The van der Waals surface area contributed by atoms with Crippen molar-refractivity contribution < 1.29 is 14.7 Å². The Labute approximate surface area is 110 Å². The number of carbonyl (C=O) groups is 2. The van der Waals surface area contributed by atoms with Crippen LogP contribution in [0.2, 0.25) is 0 Å². The Morgan fingerprint density at radius 1 is 1.53 bits per heavy atom. The molecule has 0 radical (unpaired) electrons. The third-order valence-corrected chi connectivity index (χ3v) is 3.41. The first-order chi connectivity index (χ1) is 8.85. The molecule has 0 bridgehead atoms. The van der Waals surface area contributed by atoms with Gasteiger partial charge in [0.2, 0.25) is 0 Å². The first kappa shape index (κ1) is 13.3. The van der Waals surface area contributed by atoms with Gasteiger partial charge in [0.05, 0.1) is 5.56 Å². The smallest absolute Gasteiger partial charge is 0.325 e. The van der Waals surface area contributed by atoms with E-state index in [0.29, 0.717) is 29.9 Å². The predicted octanol–water partition coefficient (Wildman–Crippen LogP) is -0.519. The standard InChI is InChI=1S/C12H16N4O3/c1-7-2-4-15-10(8(7)9(13)17)16-5-3-12(14,6-16)11(18)19/h2,4H,3,5-6,14H2,1H3,(H2,13,17)(H,18,19). The van der Waals surface area contributed by atoms with E-state index in [9.17, 15) is 9.59 Å². The van der Waals surface area contributed by atoms with E-state index in [0.717, 1.165) is 0 Å². The van der Waals surface area contributed by atoms with Crippen molar-refractivity contribution in [2.45, 2.75) is 18.9 Å². The molecule has 2 heterocycles. The molecule has 1 saturated heterocycles. The number of carboxylic acid groups (broad SMARTS) is 1. The molecule has 1 unspecified atom stereocenters. The van der Waals surface area contributed by atoms with E-state index in [4.69, 9.17) is 16.6 Å². The summed E-state index contributed by atoms with van der Waals surface area (Å²) in [7, 11) is 0. The summed E-state index contributed by atoms with van der Waals surface area (Å²) in [5.74, 6) is -1.23. The zero-order valence-electron chi connectivity index (χ0n) is 10.6. The number of aliphatic carboxylic acids is 1. The van der Waals surface area contributed by atoms with E-state index in [1.165, 1.54) is 0 Å². The van der Waals surface area contributed by atoms with E-state index in [-0.39, 0.29) is 6.54 Å². The molecule has 1 amide bonds. The van der Waals surface area contributed by atoms with E-state index in [1.54, 1.807) is 24.1 Å². The lowest BCUT2D eigenvalue weighted by molar-refractivity contribution is -0.142. The second-order valence-corrected chi connectivity index (χ2v) is 4.82. The molecule has 1 aromatic rings. The second kappa shape index (κ2) is 4.51. The zero-order valence-corrected chi connectivity index (χ0v) is 10.6. The van der Waals surface area contributed by atoms with Gasteiger partial charge in [0.15, 0.2) is 0 Å². The molecule has 1 fully saturated rings. The van der Waals surface area contributed by atoms with Gasteiger partial charge in [-0.1, -0.05) is 0 Å². The number of anilines is 1. The Kier molecular flexibility index (Phi) is 3.15.